The zero-order valence-corrected chi connectivity index (χ0v) is 17.5. The molecule has 0 fully saturated rings. The average molecular weight is 400 g/mol. The number of rotatable bonds is 8. The Labute approximate surface area is 168 Å². The molecule has 0 aromatic heterocycles. The van der Waals surface area contributed by atoms with Crippen LogP contribution in [0.2, 0.25) is 0 Å². The number of benzene rings is 2. The third-order valence-corrected chi connectivity index (χ3v) is 6.51. The average Bonchev–Trinajstić information content (AvgIpc) is 2.68. The van der Waals surface area contributed by atoms with Gasteiger partial charge >= 0.3 is 0 Å². The minimum absolute atomic E-state index is 0.0239. The molecule has 0 aliphatic carbocycles. The normalized spacial score (nSPS) is 15.6. The Morgan fingerprint density at radius 1 is 1.14 bits per heavy atom. The molecule has 1 aliphatic rings. The van der Waals surface area contributed by atoms with Gasteiger partial charge in [0.05, 0.1) is 5.75 Å². The van der Waals surface area contributed by atoms with Crippen LogP contribution in [0.4, 0.5) is 5.69 Å². The summed E-state index contributed by atoms with van der Waals surface area (Å²) in [5, 5.41) is 0. The number of sulfonamides is 1. The molecule has 0 bridgehead atoms. The summed E-state index contributed by atoms with van der Waals surface area (Å²) in [7, 11) is 0.664. The van der Waals surface area contributed by atoms with E-state index in [1.165, 1.54) is 17.2 Å². The molecule has 3 rings (SSSR count). The third-order valence-electron chi connectivity index (χ3n) is 5.23. The number of fused-ring (bicyclic) bond motifs is 1. The van der Waals surface area contributed by atoms with Crippen LogP contribution in [0.1, 0.15) is 22.7 Å². The topological polar surface area (TPSA) is 52.7 Å². The minimum Gasteiger partial charge on any atom is -0.378 e. The van der Waals surface area contributed by atoms with Crippen molar-refractivity contribution in [3.05, 3.63) is 77.9 Å². The molecule has 2 aromatic rings. The lowest BCUT2D eigenvalue weighted by molar-refractivity contribution is 0.180. The Hall–Kier alpha value is -2.15. The SMILES string of the molecule is C=CCS(=O)(=O)NC[C@@H](c1ccc(N(C)C)cc1)N1CCc2ccccc2C1. The zero-order valence-electron chi connectivity index (χ0n) is 16.6. The smallest absolute Gasteiger partial charge is 0.215 e. The maximum atomic E-state index is 12.2. The first kappa shape index (κ1) is 20.6. The van der Waals surface area contributed by atoms with E-state index in [0.717, 1.165) is 30.8 Å². The van der Waals surface area contributed by atoms with Crippen LogP contribution in [-0.4, -0.2) is 46.3 Å². The van der Waals surface area contributed by atoms with Crippen molar-refractivity contribution in [3.8, 4) is 0 Å². The van der Waals surface area contributed by atoms with Gasteiger partial charge in [0.1, 0.15) is 0 Å². The van der Waals surface area contributed by atoms with Gasteiger partial charge in [-0.2, -0.15) is 0 Å². The second kappa shape index (κ2) is 8.90. The van der Waals surface area contributed by atoms with Crippen LogP contribution < -0.4 is 9.62 Å². The van der Waals surface area contributed by atoms with E-state index in [-0.39, 0.29) is 11.8 Å². The van der Waals surface area contributed by atoms with E-state index in [2.05, 4.69) is 69.6 Å². The summed E-state index contributed by atoms with van der Waals surface area (Å²) in [6, 6.07) is 16.8. The number of hydrogen-bond acceptors (Lipinski definition) is 4. The molecule has 0 amide bonds. The lowest BCUT2D eigenvalue weighted by Gasteiger charge is -2.36. The van der Waals surface area contributed by atoms with Gasteiger partial charge in [-0.05, 0) is 35.2 Å². The second-order valence-corrected chi connectivity index (χ2v) is 9.26. The summed E-state index contributed by atoms with van der Waals surface area (Å²) in [5.74, 6) is -0.0673. The maximum Gasteiger partial charge on any atom is 0.215 e. The largest absolute Gasteiger partial charge is 0.378 e. The van der Waals surface area contributed by atoms with E-state index >= 15 is 0 Å². The molecule has 6 heteroatoms. The molecule has 0 radical (unpaired) electrons. The van der Waals surface area contributed by atoms with E-state index in [4.69, 9.17) is 0 Å². The van der Waals surface area contributed by atoms with Crippen molar-refractivity contribution in [2.75, 3.05) is 37.8 Å². The van der Waals surface area contributed by atoms with Crippen molar-refractivity contribution in [3.63, 3.8) is 0 Å². The number of nitrogens with one attached hydrogen (secondary N) is 1. The Kier molecular flexibility index (Phi) is 6.54. The van der Waals surface area contributed by atoms with Crippen molar-refractivity contribution in [2.24, 2.45) is 0 Å². The van der Waals surface area contributed by atoms with Crippen molar-refractivity contribution < 1.29 is 8.42 Å². The zero-order chi connectivity index (χ0) is 20.1. The fourth-order valence-corrected chi connectivity index (χ4v) is 4.50. The molecule has 1 atom stereocenters. The predicted molar refractivity (Wildman–Crippen MR) is 116 cm³/mol. The van der Waals surface area contributed by atoms with Crippen LogP contribution in [-0.2, 0) is 23.0 Å². The lowest BCUT2D eigenvalue weighted by atomic mass is 9.96. The quantitative estimate of drug-likeness (QED) is 0.694. The predicted octanol–water partition coefficient (Wildman–Crippen LogP) is 2.96. The van der Waals surface area contributed by atoms with E-state index in [9.17, 15) is 8.42 Å². The molecule has 1 heterocycles. The van der Waals surface area contributed by atoms with Crippen molar-refractivity contribution in [1.29, 1.82) is 0 Å². The highest BCUT2D eigenvalue weighted by Gasteiger charge is 2.26. The molecule has 1 aliphatic heterocycles. The minimum atomic E-state index is -3.36. The first-order valence-corrected chi connectivity index (χ1v) is 11.2. The first-order valence-electron chi connectivity index (χ1n) is 9.56. The van der Waals surface area contributed by atoms with Gasteiger partial charge in [0.15, 0.2) is 0 Å². The van der Waals surface area contributed by atoms with Gasteiger partial charge in [0.2, 0.25) is 10.0 Å². The summed E-state index contributed by atoms with van der Waals surface area (Å²) in [6.45, 7) is 5.61. The van der Waals surface area contributed by atoms with E-state index in [1.54, 1.807) is 0 Å². The van der Waals surface area contributed by atoms with Crippen LogP contribution in [0.5, 0.6) is 0 Å². The van der Waals surface area contributed by atoms with Crippen LogP contribution >= 0.6 is 0 Å². The van der Waals surface area contributed by atoms with Gasteiger partial charge in [0.25, 0.3) is 0 Å². The molecule has 0 spiro atoms. The summed E-state index contributed by atoms with van der Waals surface area (Å²) >= 11 is 0. The molecule has 0 saturated heterocycles. The van der Waals surface area contributed by atoms with Crippen molar-refractivity contribution in [1.82, 2.24) is 9.62 Å². The van der Waals surface area contributed by atoms with Gasteiger partial charge < -0.3 is 4.90 Å². The highest BCUT2D eigenvalue weighted by atomic mass is 32.2. The number of nitrogens with zero attached hydrogens (tertiary/aromatic N) is 2. The van der Waals surface area contributed by atoms with Gasteiger partial charge in [-0.25, -0.2) is 13.1 Å². The fraction of sp³-hybridized carbons (Fsp3) is 0.364. The number of anilines is 1. The highest BCUT2D eigenvalue weighted by Crippen LogP contribution is 2.28. The summed E-state index contributed by atoms with van der Waals surface area (Å²) in [4.78, 5) is 4.42. The molecule has 0 unspecified atom stereocenters. The van der Waals surface area contributed by atoms with Crippen molar-refractivity contribution >= 4 is 15.7 Å². The molecular weight excluding hydrogens is 370 g/mol. The standard InChI is InChI=1S/C22H29N3O2S/c1-4-15-28(26,27)23-16-22(19-9-11-21(12-10-19)24(2)3)25-14-13-18-7-5-6-8-20(18)17-25/h4-12,22-23H,1,13-17H2,2-3H3/t22-/m0/s1. The van der Waals surface area contributed by atoms with Crippen LogP contribution in [0.15, 0.2) is 61.2 Å². The maximum absolute atomic E-state index is 12.2. The molecule has 2 aromatic carbocycles. The Morgan fingerprint density at radius 3 is 2.46 bits per heavy atom. The molecule has 28 heavy (non-hydrogen) atoms. The monoisotopic (exact) mass is 399 g/mol. The molecular formula is C22H29N3O2S. The molecule has 1 N–H and O–H groups in total. The Balaban J connectivity index is 1.85. The van der Waals surface area contributed by atoms with Gasteiger partial charge in [-0.15, -0.1) is 6.58 Å². The summed E-state index contributed by atoms with van der Waals surface area (Å²) in [6.07, 6.45) is 2.39. The lowest BCUT2D eigenvalue weighted by Crippen LogP contribution is -2.41. The Bertz CT molecular complexity index is 908. The summed E-state index contributed by atoms with van der Waals surface area (Å²) < 4.78 is 27.1. The fourth-order valence-electron chi connectivity index (χ4n) is 3.66. The summed E-state index contributed by atoms with van der Waals surface area (Å²) in [5.41, 5.74) is 4.94. The Morgan fingerprint density at radius 2 is 1.82 bits per heavy atom. The van der Waals surface area contributed by atoms with E-state index < -0.39 is 10.0 Å². The molecule has 5 nitrogen and oxygen atoms in total. The van der Waals surface area contributed by atoms with Crippen LogP contribution in [0.3, 0.4) is 0 Å². The second-order valence-electron chi connectivity index (χ2n) is 7.41. The van der Waals surface area contributed by atoms with Gasteiger partial charge in [0, 0.05) is 45.5 Å². The highest BCUT2D eigenvalue weighted by molar-refractivity contribution is 7.89. The van der Waals surface area contributed by atoms with E-state index in [1.807, 2.05) is 14.1 Å². The third kappa shape index (κ3) is 5.01. The number of hydrogen-bond donors (Lipinski definition) is 1. The molecule has 0 saturated carbocycles. The van der Waals surface area contributed by atoms with E-state index in [0.29, 0.717) is 6.54 Å². The van der Waals surface area contributed by atoms with Gasteiger partial charge in [-0.1, -0.05) is 42.5 Å². The van der Waals surface area contributed by atoms with Gasteiger partial charge in [-0.3, -0.25) is 4.90 Å². The van der Waals surface area contributed by atoms with Crippen LogP contribution in [0, 0.1) is 0 Å². The molecule has 150 valence electrons. The first-order chi connectivity index (χ1) is 13.4. The van der Waals surface area contributed by atoms with Crippen LogP contribution in [0.25, 0.3) is 0 Å². The van der Waals surface area contributed by atoms with Crippen molar-refractivity contribution in [2.45, 2.75) is 19.0 Å².